The number of benzene rings is 1. The molecule has 1 saturated carbocycles. The van der Waals surface area contributed by atoms with E-state index in [2.05, 4.69) is 15.4 Å². The van der Waals surface area contributed by atoms with Crippen molar-refractivity contribution in [3.8, 4) is 5.69 Å². The van der Waals surface area contributed by atoms with E-state index in [0.29, 0.717) is 24.2 Å². The maximum atomic E-state index is 12.4. The van der Waals surface area contributed by atoms with Crippen LogP contribution in [0.15, 0.2) is 35.5 Å². The van der Waals surface area contributed by atoms with E-state index in [1.807, 2.05) is 35.0 Å². The summed E-state index contributed by atoms with van der Waals surface area (Å²) in [6.07, 6.45) is 2.25. The number of urea groups is 1. The third-order valence-electron chi connectivity index (χ3n) is 4.31. The molecule has 25 heavy (non-hydrogen) atoms. The largest absolute Gasteiger partial charge is 0.336 e. The normalized spacial score (nSPS) is 18.3. The zero-order chi connectivity index (χ0) is 17.4. The summed E-state index contributed by atoms with van der Waals surface area (Å²) in [6.45, 7) is 2.72. The number of hydrogen-bond acceptors (Lipinski definition) is 5. The number of para-hydroxylation sites is 1. The Morgan fingerprint density at radius 1 is 1.32 bits per heavy atom. The maximum absolute atomic E-state index is 12.4. The van der Waals surface area contributed by atoms with E-state index in [-0.39, 0.29) is 11.9 Å². The predicted octanol–water partition coefficient (Wildman–Crippen LogP) is 2.18. The molecule has 1 atom stereocenters. The Hall–Kier alpha value is -2.35. The third kappa shape index (κ3) is 3.26. The molecule has 8 heteroatoms. The summed E-state index contributed by atoms with van der Waals surface area (Å²) >= 11 is 1.30. The summed E-state index contributed by atoms with van der Waals surface area (Å²) in [5.74, 6) is 1.19. The fraction of sp³-hybridized carbons (Fsp3) is 0.412. The van der Waals surface area contributed by atoms with Crippen LogP contribution in [0.2, 0.25) is 0 Å². The average Bonchev–Trinajstić information content (AvgIpc) is 3.25. The number of imide groups is 1. The highest BCUT2D eigenvalue weighted by molar-refractivity contribution is 8.00. The number of rotatable bonds is 5. The number of hydrogen-bond donors (Lipinski definition) is 1. The van der Waals surface area contributed by atoms with Gasteiger partial charge >= 0.3 is 6.03 Å². The molecular weight excluding hydrogens is 338 g/mol. The van der Waals surface area contributed by atoms with Crippen molar-refractivity contribution in [2.45, 2.75) is 36.1 Å². The number of carbonyl (C=O) groups excluding carboxylic acids is 2. The van der Waals surface area contributed by atoms with Gasteiger partial charge in [0.15, 0.2) is 0 Å². The summed E-state index contributed by atoms with van der Waals surface area (Å²) in [6, 6.07) is 9.58. The predicted molar refractivity (Wildman–Crippen MR) is 93.8 cm³/mol. The Morgan fingerprint density at radius 3 is 2.72 bits per heavy atom. The van der Waals surface area contributed by atoms with Crippen LogP contribution in [0, 0.1) is 0 Å². The third-order valence-corrected chi connectivity index (χ3v) is 5.25. The molecule has 1 aromatic heterocycles. The first-order valence-electron chi connectivity index (χ1n) is 8.41. The van der Waals surface area contributed by atoms with Gasteiger partial charge in [-0.15, -0.1) is 5.10 Å². The van der Waals surface area contributed by atoms with Crippen molar-refractivity contribution in [3.63, 3.8) is 0 Å². The second-order valence-corrected chi connectivity index (χ2v) is 7.56. The van der Waals surface area contributed by atoms with E-state index in [9.17, 15) is 9.59 Å². The molecule has 1 saturated heterocycles. The number of aromatic nitrogens is 3. The van der Waals surface area contributed by atoms with Gasteiger partial charge in [-0.25, -0.2) is 14.5 Å². The van der Waals surface area contributed by atoms with Crippen molar-refractivity contribution in [3.05, 3.63) is 36.2 Å². The lowest BCUT2D eigenvalue weighted by Crippen LogP contribution is -2.38. The minimum Gasteiger partial charge on any atom is -0.336 e. The Morgan fingerprint density at radius 2 is 2.08 bits per heavy atom. The van der Waals surface area contributed by atoms with Gasteiger partial charge in [-0.05, 0) is 31.9 Å². The van der Waals surface area contributed by atoms with Crippen LogP contribution in [0.4, 0.5) is 4.79 Å². The second-order valence-electron chi connectivity index (χ2n) is 6.26. The molecule has 2 heterocycles. The number of nitrogens with one attached hydrogen (secondary N) is 1. The lowest BCUT2D eigenvalue weighted by molar-refractivity contribution is -0.126. The smallest absolute Gasteiger partial charge is 0.324 e. The summed E-state index contributed by atoms with van der Waals surface area (Å²) < 4.78 is 1.87. The van der Waals surface area contributed by atoms with E-state index in [4.69, 9.17) is 0 Å². The molecule has 2 fully saturated rings. The van der Waals surface area contributed by atoms with Gasteiger partial charge in [0, 0.05) is 19.0 Å². The molecule has 4 rings (SSSR count). The molecule has 7 nitrogen and oxygen atoms in total. The van der Waals surface area contributed by atoms with Gasteiger partial charge in [-0.3, -0.25) is 9.69 Å². The highest BCUT2D eigenvalue weighted by atomic mass is 32.2. The minimum absolute atomic E-state index is 0.205. The molecule has 130 valence electrons. The lowest BCUT2D eigenvalue weighted by atomic mass is 10.3. The van der Waals surface area contributed by atoms with Gasteiger partial charge < -0.3 is 5.32 Å². The summed E-state index contributed by atoms with van der Waals surface area (Å²) in [5.41, 5.74) is 0.974. The summed E-state index contributed by atoms with van der Waals surface area (Å²) in [7, 11) is 0. The fourth-order valence-corrected chi connectivity index (χ4v) is 3.65. The van der Waals surface area contributed by atoms with Crippen molar-refractivity contribution < 1.29 is 9.59 Å². The Kier molecular flexibility index (Phi) is 4.20. The molecule has 2 aliphatic rings. The van der Waals surface area contributed by atoms with E-state index < -0.39 is 5.25 Å². The highest BCUT2D eigenvalue weighted by Crippen LogP contribution is 2.40. The minimum atomic E-state index is -0.414. The van der Waals surface area contributed by atoms with E-state index in [0.717, 1.165) is 24.4 Å². The van der Waals surface area contributed by atoms with E-state index >= 15 is 0 Å². The van der Waals surface area contributed by atoms with Crippen LogP contribution >= 0.6 is 11.8 Å². The van der Waals surface area contributed by atoms with Crippen molar-refractivity contribution in [2.75, 3.05) is 13.1 Å². The number of nitrogens with zero attached hydrogens (tertiary/aromatic N) is 4. The van der Waals surface area contributed by atoms with E-state index in [1.165, 1.54) is 16.7 Å². The van der Waals surface area contributed by atoms with Crippen molar-refractivity contribution in [2.24, 2.45) is 0 Å². The molecule has 2 aromatic rings. The zero-order valence-corrected chi connectivity index (χ0v) is 14.7. The second kappa shape index (κ2) is 6.51. The van der Waals surface area contributed by atoms with Gasteiger partial charge in [0.05, 0.1) is 10.9 Å². The molecular formula is C17H19N5O2S. The van der Waals surface area contributed by atoms with Crippen LogP contribution in [0.1, 0.15) is 31.5 Å². The quantitative estimate of drug-likeness (QED) is 0.830. The molecule has 0 bridgehead atoms. The first-order chi connectivity index (χ1) is 12.1. The van der Waals surface area contributed by atoms with Crippen molar-refractivity contribution in [1.82, 2.24) is 25.0 Å². The van der Waals surface area contributed by atoms with Gasteiger partial charge in [-0.1, -0.05) is 30.0 Å². The van der Waals surface area contributed by atoms with Crippen molar-refractivity contribution in [1.29, 1.82) is 0 Å². The first-order valence-corrected chi connectivity index (χ1v) is 9.29. The fourth-order valence-electron chi connectivity index (χ4n) is 2.83. The standard InChI is InChI=1S/C17H19N5O2S/c1-11(15(23)21-10-9-18-17(21)24)25-16-19-14(12-7-8-12)22(20-16)13-5-3-2-4-6-13/h2-6,11-12H,7-10H2,1H3,(H,18,24)/t11-/m1/s1. The molecule has 3 amide bonds. The number of amides is 3. The van der Waals surface area contributed by atoms with Crippen LogP contribution < -0.4 is 5.32 Å². The van der Waals surface area contributed by atoms with Crippen LogP contribution in [0.3, 0.4) is 0 Å². The number of thioether (sulfide) groups is 1. The highest BCUT2D eigenvalue weighted by Gasteiger charge is 2.33. The maximum Gasteiger partial charge on any atom is 0.324 e. The zero-order valence-electron chi connectivity index (χ0n) is 13.9. The van der Waals surface area contributed by atoms with Gasteiger partial charge in [0.25, 0.3) is 0 Å². The number of carbonyl (C=O) groups is 2. The Balaban J connectivity index is 1.55. The van der Waals surface area contributed by atoms with Crippen molar-refractivity contribution >= 4 is 23.7 Å². The molecule has 1 N–H and O–H groups in total. The average molecular weight is 357 g/mol. The van der Waals surface area contributed by atoms with Gasteiger partial charge in [0.2, 0.25) is 11.1 Å². The topological polar surface area (TPSA) is 80.1 Å². The molecule has 1 aliphatic carbocycles. The molecule has 0 spiro atoms. The van der Waals surface area contributed by atoms with Crippen LogP contribution in [-0.4, -0.2) is 49.9 Å². The van der Waals surface area contributed by atoms with Gasteiger partial charge in [-0.2, -0.15) is 0 Å². The van der Waals surface area contributed by atoms with E-state index in [1.54, 1.807) is 6.92 Å². The molecule has 0 radical (unpaired) electrons. The molecule has 1 aliphatic heterocycles. The summed E-state index contributed by atoms with van der Waals surface area (Å²) in [5, 5.41) is 7.42. The molecule has 0 unspecified atom stereocenters. The van der Waals surface area contributed by atoms with Crippen LogP contribution in [-0.2, 0) is 4.79 Å². The first kappa shape index (κ1) is 16.1. The van der Waals surface area contributed by atoms with Gasteiger partial charge in [0.1, 0.15) is 5.82 Å². The Labute approximate surface area is 149 Å². The van der Waals surface area contributed by atoms with Crippen LogP contribution in [0.5, 0.6) is 0 Å². The Bertz CT molecular complexity index is 803. The SMILES string of the molecule is C[C@@H](Sc1nc(C2CC2)n(-c2ccccc2)n1)C(=O)N1CCNC1=O. The monoisotopic (exact) mass is 357 g/mol. The van der Waals surface area contributed by atoms with Crippen LogP contribution in [0.25, 0.3) is 5.69 Å². The molecule has 1 aromatic carbocycles. The lowest BCUT2D eigenvalue weighted by Gasteiger charge is -2.16. The summed E-state index contributed by atoms with van der Waals surface area (Å²) in [4.78, 5) is 30.0.